The SMILES string of the molecule is CO[C@]1(CN2C[C@@H]3[C@H](C)[C@H]2CN3C(C)C)/C=C/C[C@H](C)[C@@H](C)S(=O)(=O)NC(=O)c2ccc3c(c2)N(CCCCc2cc(Cl)ccc2CO3)C[C@@H]2CC[C@H]21. The highest BCUT2D eigenvalue weighted by Gasteiger charge is 2.54. The Bertz CT molecular complexity index is 1800. The number of piperazine rings is 1. The molecule has 1 aliphatic carbocycles. The third kappa shape index (κ3) is 7.65. The van der Waals surface area contributed by atoms with Crippen molar-refractivity contribution in [3.05, 3.63) is 70.3 Å². The molecule has 7 rings (SSSR count). The molecule has 1 saturated carbocycles. The first-order valence-electron chi connectivity index (χ1n) is 19.9. The number of nitrogens with zero attached hydrogens (tertiary/aromatic N) is 3. The molecular formula is C42H59ClN4O5S. The zero-order valence-corrected chi connectivity index (χ0v) is 34.0. The van der Waals surface area contributed by atoms with Crippen molar-refractivity contribution in [1.82, 2.24) is 14.5 Å². The standard InChI is InChI=1S/C42H59ClN4O5S/c1-27(2)47-24-38-29(4)39(47)23-46(38)26-42(51-6)18-9-10-28(3)30(5)53(49,50)44-41(48)32-14-17-40-37(21-32)45(22-33-13-16-36(33)42)19-8-7-11-31-20-35(43)15-12-34(31)25-52-40/h9,12,14-15,17-18,20-21,27-30,33,36,38-39H,7-8,10-11,13,16,19,22-26H2,1-6H3,(H,44,48)/b18-9+/t28-,29+,30+,33-,36+,38+,39+,42-/m0/s1. The number of halogens is 1. The zero-order chi connectivity index (χ0) is 37.7. The summed E-state index contributed by atoms with van der Waals surface area (Å²) < 4.78 is 43.0. The third-order valence-electron chi connectivity index (χ3n) is 13.6. The Morgan fingerprint density at radius 2 is 1.83 bits per heavy atom. The lowest BCUT2D eigenvalue weighted by Gasteiger charge is -2.52. The number of sulfonamides is 1. The van der Waals surface area contributed by atoms with Gasteiger partial charge in [0.05, 0.1) is 10.9 Å². The molecule has 9 nitrogen and oxygen atoms in total. The molecule has 2 saturated heterocycles. The highest BCUT2D eigenvalue weighted by Crippen LogP contribution is 2.48. The highest BCUT2D eigenvalue weighted by atomic mass is 35.5. The van der Waals surface area contributed by atoms with Crippen molar-refractivity contribution in [1.29, 1.82) is 0 Å². The average molecular weight is 767 g/mol. The van der Waals surface area contributed by atoms with Crippen LogP contribution < -0.4 is 14.4 Å². The molecule has 8 atom stereocenters. The Balaban J connectivity index is 1.26. The molecule has 4 heterocycles. The first-order valence-corrected chi connectivity index (χ1v) is 21.8. The van der Waals surface area contributed by atoms with E-state index in [1.165, 1.54) is 5.56 Å². The molecule has 0 radical (unpaired) electrons. The number of allylic oxidation sites excluding steroid dienone is 1. The fourth-order valence-electron chi connectivity index (χ4n) is 9.90. The van der Waals surface area contributed by atoms with Crippen molar-refractivity contribution < 1.29 is 22.7 Å². The van der Waals surface area contributed by atoms with Crippen molar-refractivity contribution >= 4 is 33.2 Å². The Labute approximate surface area is 322 Å². The molecule has 4 bridgehead atoms. The monoisotopic (exact) mass is 766 g/mol. The van der Waals surface area contributed by atoms with E-state index in [4.69, 9.17) is 21.1 Å². The number of likely N-dealkylation sites (tertiary alicyclic amines) is 2. The highest BCUT2D eigenvalue weighted by molar-refractivity contribution is 7.90. The predicted octanol–water partition coefficient (Wildman–Crippen LogP) is 6.93. The summed E-state index contributed by atoms with van der Waals surface area (Å²) in [5, 5.41) is -0.0533. The quantitative estimate of drug-likeness (QED) is 0.336. The zero-order valence-electron chi connectivity index (χ0n) is 32.4. The van der Waals surface area contributed by atoms with E-state index < -0.39 is 26.8 Å². The van der Waals surface area contributed by atoms with Gasteiger partial charge in [-0.2, -0.15) is 0 Å². The molecule has 11 heteroatoms. The summed E-state index contributed by atoms with van der Waals surface area (Å²) in [4.78, 5) is 21.4. The summed E-state index contributed by atoms with van der Waals surface area (Å²) in [7, 11) is -2.08. The molecule has 290 valence electrons. The van der Waals surface area contributed by atoms with Crippen LogP contribution in [0.5, 0.6) is 5.75 Å². The van der Waals surface area contributed by atoms with Gasteiger partial charge in [0.25, 0.3) is 5.91 Å². The maximum absolute atomic E-state index is 13.6. The van der Waals surface area contributed by atoms with Crippen LogP contribution in [0.1, 0.15) is 88.2 Å². The lowest BCUT2D eigenvalue weighted by atomic mass is 9.63. The number of carbonyl (C=O) groups is 1. The van der Waals surface area contributed by atoms with Gasteiger partial charge in [-0.25, -0.2) is 13.1 Å². The van der Waals surface area contributed by atoms with Gasteiger partial charge in [0.2, 0.25) is 10.0 Å². The van der Waals surface area contributed by atoms with Gasteiger partial charge in [0.1, 0.15) is 18.0 Å². The van der Waals surface area contributed by atoms with Gasteiger partial charge < -0.3 is 14.4 Å². The summed E-state index contributed by atoms with van der Waals surface area (Å²) in [5.74, 6) is 1.09. The van der Waals surface area contributed by atoms with Crippen molar-refractivity contribution in [2.45, 2.75) is 109 Å². The molecule has 2 aromatic carbocycles. The Hall–Kier alpha value is -2.63. The van der Waals surface area contributed by atoms with Gasteiger partial charge >= 0.3 is 0 Å². The maximum Gasteiger partial charge on any atom is 0.264 e. The van der Waals surface area contributed by atoms with Crippen LogP contribution in [0.4, 0.5) is 5.69 Å². The minimum absolute atomic E-state index is 0.215. The number of anilines is 1. The van der Waals surface area contributed by atoms with Crippen molar-refractivity contribution in [3.8, 4) is 5.75 Å². The fourth-order valence-corrected chi connectivity index (χ4v) is 11.4. The van der Waals surface area contributed by atoms with Gasteiger partial charge in [-0.15, -0.1) is 0 Å². The molecule has 0 spiro atoms. The van der Waals surface area contributed by atoms with Crippen molar-refractivity contribution in [2.75, 3.05) is 44.7 Å². The average Bonchev–Trinajstić information content (AvgIpc) is 3.58. The summed E-state index contributed by atoms with van der Waals surface area (Å²) in [6, 6.07) is 12.9. The molecule has 0 unspecified atom stereocenters. The number of amides is 1. The van der Waals surface area contributed by atoms with Crippen LogP contribution in [0.25, 0.3) is 0 Å². The van der Waals surface area contributed by atoms with Crippen LogP contribution in [0.2, 0.25) is 5.02 Å². The topological polar surface area (TPSA) is 91.4 Å². The summed E-state index contributed by atoms with van der Waals surface area (Å²) in [5.41, 5.74) is 2.90. The minimum Gasteiger partial charge on any atom is -0.487 e. The number of aryl methyl sites for hydroxylation is 1. The first kappa shape index (κ1) is 38.6. The summed E-state index contributed by atoms with van der Waals surface area (Å²) in [6.45, 7) is 15.6. The number of hydrogen-bond donors (Lipinski definition) is 1. The number of nitrogens with one attached hydrogen (secondary N) is 1. The van der Waals surface area contributed by atoms with Gasteiger partial charge in [-0.1, -0.05) is 43.7 Å². The van der Waals surface area contributed by atoms with Crippen LogP contribution in [0.15, 0.2) is 48.6 Å². The number of ether oxygens (including phenoxy) is 2. The van der Waals surface area contributed by atoms with E-state index in [-0.39, 0.29) is 11.8 Å². The molecule has 5 aliphatic rings. The predicted molar refractivity (Wildman–Crippen MR) is 212 cm³/mol. The van der Waals surface area contributed by atoms with Crippen LogP contribution in [-0.2, 0) is 27.8 Å². The molecular weight excluding hydrogens is 708 g/mol. The summed E-state index contributed by atoms with van der Waals surface area (Å²) >= 11 is 6.42. The number of rotatable bonds is 4. The second-order valence-electron chi connectivity index (χ2n) is 16.9. The number of fused-ring (bicyclic) bond motifs is 5. The van der Waals surface area contributed by atoms with Gasteiger partial charge in [-0.05, 0) is 124 Å². The number of benzene rings is 2. The summed E-state index contributed by atoms with van der Waals surface area (Å²) in [6.07, 6.45) is 10.00. The van der Waals surface area contributed by atoms with Gasteiger partial charge in [0.15, 0.2) is 0 Å². The normalized spacial score (nSPS) is 34.3. The first-order chi connectivity index (χ1) is 25.3. The van der Waals surface area contributed by atoms with Crippen LogP contribution in [0, 0.1) is 23.7 Å². The molecule has 1 N–H and O–H groups in total. The smallest absolute Gasteiger partial charge is 0.264 e. The molecule has 3 fully saturated rings. The van der Waals surface area contributed by atoms with Gasteiger partial charge in [0, 0.05) is 68.5 Å². The van der Waals surface area contributed by atoms with E-state index in [0.29, 0.717) is 54.3 Å². The van der Waals surface area contributed by atoms with Gasteiger partial charge in [-0.3, -0.25) is 14.6 Å². The minimum atomic E-state index is -3.95. The lowest BCUT2D eigenvalue weighted by molar-refractivity contribution is -0.0974. The number of carbonyl (C=O) groups excluding carboxylic acids is 1. The third-order valence-corrected chi connectivity index (χ3v) is 15.7. The van der Waals surface area contributed by atoms with Crippen molar-refractivity contribution in [2.24, 2.45) is 23.7 Å². The maximum atomic E-state index is 13.6. The number of hydrogen-bond acceptors (Lipinski definition) is 8. The molecule has 4 aliphatic heterocycles. The van der Waals surface area contributed by atoms with Crippen molar-refractivity contribution in [3.63, 3.8) is 0 Å². The fraction of sp³-hybridized carbons (Fsp3) is 0.643. The second kappa shape index (κ2) is 15.5. The molecule has 0 aromatic heterocycles. The van der Waals surface area contributed by atoms with E-state index in [1.54, 1.807) is 13.0 Å². The molecule has 2 aromatic rings. The van der Waals surface area contributed by atoms with E-state index in [2.05, 4.69) is 52.3 Å². The number of methoxy groups -OCH3 is 1. The van der Waals surface area contributed by atoms with Crippen LogP contribution in [-0.4, -0.2) is 92.9 Å². The second-order valence-corrected chi connectivity index (χ2v) is 19.4. The Kier molecular flexibility index (Phi) is 11.3. The van der Waals surface area contributed by atoms with E-state index in [9.17, 15) is 13.2 Å². The molecule has 1 amide bonds. The van der Waals surface area contributed by atoms with Crippen LogP contribution >= 0.6 is 11.6 Å². The van der Waals surface area contributed by atoms with E-state index in [1.807, 2.05) is 44.4 Å². The van der Waals surface area contributed by atoms with E-state index in [0.717, 1.165) is 81.1 Å². The largest absolute Gasteiger partial charge is 0.487 e. The van der Waals surface area contributed by atoms with Crippen LogP contribution in [0.3, 0.4) is 0 Å². The Morgan fingerprint density at radius 3 is 2.53 bits per heavy atom. The molecule has 53 heavy (non-hydrogen) atoms. The lowest BCUT2D eigenvalue weighted by Crippen LogP contribution is -2.59. The Morgan fingerprint density at radius 1 is 1.02 bits per heavy atom. The van der Waals surface area contributed by atoms with E-state index >= 15 is 0 Å².